The minimum absolute atomic E-state index is 0.0633. The SMILES string of the molecule is COc1cccc(OCC(=O)NCC(N)c2ccc(C(C)C)cc2)c1. The van der Waals surface area contributed by atoms with Crippen molar-refractivity contribution in [1.82, 2.24) is 5.32 Å². The Bertz CT molecular complexity index is 684. The number of amides is 1. The van der Waals surface area contributed by atoms with E-state index in [1.165, 1.54) is 5.56 Å². The van der Waals surface area contributed by atoms with E-state index < -0.39 is 0 Å². The second-order valence-corrected chi connectivity index (χ2v) is 6.20. The molecule has 1 amide bonds. The van der Waals surface area contributed by atoms with Crippen molar-refractivity contribution in [2.45, 2.75) is 25.8 Å². The Morgan fingerprint density at radius 1 is 1.08 bits per heavy atom. The molecule has 0 aromatic heterocycles. The molecule has 25 heavy (non-hydrogen) atoms. The summed E-state index contributed by atoms with van der Waals surface area (Å²) in [6.45, 7) is 4.60. The van der Waals surface area contributed by atoms with Crippen molar-refractivity contribution in [1.29, 1.82) is 0 Å². The molecule has 0 saturated carbocycles. The van der Waals surface area contributed by atoms with E-state index in [4.69, 9.17) is 15.2 Å². The van der Waals surface area contributed by atoms with E-state index in [0.717, 1.165) is 5.56 Å². The number of benzene rings is 2. The largest absolute Gasteiger partial charge is 0.497 e. The van der Waals surface area contributed by atoms with E-state index in [0.29, 0.717) is 24.0 Å². The number of nitrogens with two attached hydrogens (primary N) is 1. The first-order valence-electron chi connectivity index (χ1n) is 8.38. The van der Waals surface area contributed by atoms with Gasteiger partial charge in [-0.2, -0.15) is 0 Å². The Balaban J connectivity index is 1.78. The van der Waals surface area contributed by atoms with Gasteiger partial charge in [0, 0.05) is 18.7 Å². The van der Waals surface area contributed by atoms with E-state index in [1.807, 2.05) is 24.3 Å². The van der Waals surface area contributed by atoms with Crippen molar-refractivity contribution in [2.24, 2.45) is 5.73 Å². The van der Waals surface area contributed by atoms with Gasteiger partial charge < -0.3 is 20.5 Å². The van der Waals surface area contributed by atoms with Crippen molar-refractivity contribution >= 4 is 5.91 Å². The second-order valence-electron chi connectivity index (χ2n) is 6.20. The zero-order valence-electron chi connectivity index (χ0n) is 15.0. The molecule has 0 aliphatic heterocycles. The molecule has 0 aliphatic rings. The molecule has 3 N–H and O–H groups in total. The Kier molecular flexibility index (Phi) is 6.83. The molecule has 5 nitrogen and oxygen atoms in total. The lowest BCUT2D eigenvalue weighted by molar-refractivity contribution is -0.123. The number of methoxy groups -OCH3 is 1. The highest BCUT2D eigenvalue weighted by molar-refractivity contribution is 5.77. The van der Waals surface area contributed by atoms with Crippen molar-refractivity contribution in [3.05, 3.63) is 59.7 Å². The predicted molar refractivity (Wildman–Crippen MR) is 99.0 cm³/mol. The third-order valence-electron chi connectivity index (χ3n) is 3.96. The summed E-state index contributed by atoms with van der Waals surface area (Å²) in [4.78, 5) is 11.9. The van der Waals surface area contributed by atoms with Gasteiger partial charge in [-0.25, -0.2) is 0 Å². The Labute approximate surface area is 149 Å². The minimum Gasteiger partial charge on any atom is -0.497 e. The molecule has 1 unspecified atom stereocenters. The molecule has 134 valence electrons. The average Bonchev–Trinajstić information content (AvgIpc) is 2.64. The molecular formula is C20H26N2O3. The third-order valence-corrected chi connectivity index (χ3v) is 3.96. The first kappa shape index (κ1) is 18.8. The molecule has 0 aliphatic carbocycles. The zero-order chi connectivity index (χ0) is 18.2. The second kappa shape index (κ2) is 9.08. The molecule has 0 saturated heterocycles. The molecule has 0 fully saturated rings. The lowest BCUT2D eigenvalue weighted by atomic mass is 9.99. The standard InChI is InChI=1S/C20H26N2O3/c1-14(2)15-7-9-16(10-8-15)19(21)12-22-20(23)13-25-18-6-4-5-17(11-18)24-3/h4-11,14,19H,12-13,21H2,1-3H3,(H,22,23). The van der Waals surface area contributed by atoms with Crippen molar-refractivity contribution in [3.8, 4) is 11.5 Å². The molecule has 0 radical (unpaired) electrons. The number of rotatable bonds is 8. The summed E-state index contributed by atoms with van der Waals surface area (Å²) in [5.74, 6) is 1.55. The molecule has 2 aromatic carbocycles. The molecule has 2 rings (SSSR count). The van der Waals surface area contributed by atoms with Gasteiger partial charge in [-0.15, -0.1) is 0 Å². The highest BCUT2D eigenvalue weighted by atomic mass is 16.5. The summed E-state index contributed by atoms with van der Waals surface area (Å²) in [5.41, 5.74) is 8.41. The van der Waals surface area contributed by atoms with Crippen molar-refractivity contribution < 1.29 is 14.3 Å². The van der Waals surface area contributed by atoms with Crippen LogP contribution in [-0.4, -0.2) is 26.2 Å². The van der Waals surface area contributed by atoms with Crippen LogP contribution in [0.5, 0.6) is 11.5 Å². The van der Waals surface area contributed by atoms with Crippen LogP contribution < -0.4 is 20.5 Å². The van der Waals surface area contributed by atoms with Gasteiger partial charge in [-0.3, -0.25) is 4.79 Å². The average molecular weight is 342 g/mol. The smallest absolute Gasteiger partial charge is 0.258 e. The molecular weight excluding hydrogens is 316 g/mol. The predicted octanol–water partition coefficient (Wildman–Crippen LogP) is 3.01. The zero-order valence-corrected chi connectivity index (χ0v) is 15.0. The maximum Gasteiger partial charge on any atom is 0.258 e. The van der Waals surface area contributed by atoms with Crippen LogP contribution in [0.15, 0.2) is 48.5 Å². The Morgan fingerprint density at radius 2 is 1.72 bits per heavy atom. The van der Waals surface area contributed by atoms with Crippen LogP contribution >= 0.6 is 0 Å². The van der Waals surface area contributed by atoms with Crippen molar-refractivity contribution in [3.63, 3.8) is 0 Å². The summed E-state index contributed by atoms with van der Waals surface area (Å²) in [6, 6.07) is 15.1. The molecule has 1 atom stereocenters. The summed E-state index contributed by atoms with van der Waals surface area (Å²) in [6.07, 6.45) is 0. The quantitative estimate of drug-likeness (QED) is 0.773. The van der Waals surface area contributed by atoms with Crippen LogP contribution in [0.3, 0.4) is 0 Å². The summed E-state index contributed by atoms with van der Waals surface area (Å²) < 4.78 is 10.6. The summed E-state index contributed by atoms with van der Waals surface area (Å²) >= 11 is 0. The molecule has 5 heteroatoms. The number of hydrogen-bond donors (Lipinski definition) is 2. The number of carbonyl (C=O) groups is 1. The first-order chi connectivity index (χ1) is 12.0. The van der Waals surface area contributed by atoms with Crippen LogP contribution in [0.25, 0.3) is 0 Å². The minimum atomic E-state index is -0.248. The molecule has 2 aromatic rings. The van der Waals surface area contributed by atoms with Gasteiger partial charge in [0.15, 0.2) is 6.61 Å². The van der Waals surface area contributed by atoms with Gasteiger partial charge in [-0.1, -0.05) is 44.2 Å². The van der Waals surface area contributed by atoms with Crippen LogP contribution in [0.4, 0.5) is 0 Å². The fourth-order valence-electron chi connectivity index (χ4n) is 2.36. The maximum atomic E-state index is 11.9. The van der Waals surface area contributed by atoms with Crippen LogP contribution in [0.2, 0.25) is 0 Å². The van der Waals surface area contributed by atoms with Gasteiger partial charge in [0.1, 0.15) is 11.5 Å². The van der Waals surface area contributed by atoms with Crippen molar-refractivity contribution in [2.75, 3.05) is 20.3 Å². The maximum absolute atomic E-state index is 11.9. The number of nitrogens with one attached hydrogen (secondary N) is 1. The number of ether oxygens (including phenoxy) is 2. The normalized spacial score (nSPS) is 11.9. The van der Waals surface area contributed by atoms with Crippen LogP contribution in [-0.2, 0) is 4.79 Å². The van der Waals surface area contributed by atoms with E-state index in [9.17, 15) is 4.79 Å². The van der Waals surface area contributed by atoms with E-state index in [2.05, 4.69) is 31.3 Å². The fourth-order valence-corrected chi connectivity index (χ4v) is 2.36. The Morgan fingerprint density at radius 3 is 2.36 bits per heavy atom. The van der Waals surface area contributed by atoms with Crippen LogP contribution in [0.1, 0.15) is 36.9 Å². The van der Waals surface area contributed by atoms with E-state index in [1.54, 1.807) is 19.2 Å². The number of hydrogen-bond acceptors (Lipinski definition) is 4. The highest BCUT2D eigenvalue weighted by Gasteiger charge is 2.10. The summed E-state index contributed by atoms with van der Waals surface area (Å²) in [5, 5.41) is 2.80. The van der Waals surface area contributed by atoms with Gasteiger partial charge in [0.25, 0.3) is 5.91 Å². The lowest BCUT2D eigenvalue weighted by Crippen LogP contribution is -2.35. The van der Waals surface area contributed by atoms with Crippen LogP contribution in [0, 0.1) is 0 Å². The molecule has 0 spiro atoms. The monoisotopic (exact) mass is 342 g/mol. The van der Waals surface area contributed by atoms with E-state index in [-0.39, 0.29) is 18.6 Å². The van der Waals surface area contributed by atoms with Gasteiger partial charge >= 0.3 is 0 Å². The topological polar surface area (TPSA) is 73.6 Å². The molecule has 0 heterocycles. The third kappa shape index (κ3) is 5.80. The first-order valence-corrected chi connectivity index (χ1v) is 8.38. The van der Waals surface area contributed by atoms with Gasteiger partial charge in [0.05, 0.1) is 7.11 Å². The van der Waals surface area contributed by atoms with Gasteiger partial charge in [0.2, 0.25) is 0 Å². The summed E-state index contributed by atoms with van der Waals surface area (Å²) in [7, 11) is 1.58. The lowest BCUT2D eigenvalue weighted by Gasteiger charge is -2.15. The molecule has 0 bridgehead atoms. The number of carbonyl (C=O) groups excluding carboxylic acids is 1. The fraction of sp³-hybridized carbons (Fsp3) is 0.350. The highest BCUT2D eigenvalue weighted by Crippen LogP contribution is 2.19. The van der Waals surface area contributed by atoms with Gasteiger partial charge in [-0.05, 0) is 29.2 Å². The Hall–Kier alpha value is -2.53. The van der Waals surface area contributed by atoms with E-state index >= 15 is 0 Å².